The van der Waals surface area contributed by atoms with Crippen LogP contribution >= 0.6 is 0 Å². The van der Waals surface area contributed by atoms with Crippen molar-refractivity contribution in [3.63, 3.8) is 0 Å². The molecule has 5 unspecified atom stereocenters. The van der Waals surface area contributed by atoms with Crippen LogP contribution in [0.4, 0.5) is 0 Å². The summed E-state index contributed by atoms with van der Waals surface area (Å²) in [7, 11) is 0. The van der Waals surface area contributed by atoms with Gasteiger partial charge in [-0.15, -0.1) is 0 Å². The standard InChI is InChI=1S/C15H22O4/c1-2-13(18)19-12-4-3-11-10-5-6-14(7-10,8-16)15(11,12)9-17/h2,10-12,16-17H,1,3-9H2. The van der Waals surface area contributed by atoms with E-state index >= 15 is 0 Å². The summed E-state index contributed by atoms with van der Waals surface area (Å²) < 4.78 is 5.52. The summed E-state index contributed by atoms with van der Waals surface area (Å²) >= 11 is 0. The Bertz CT molecular complexity index is 407. The molecule has 0 aromatic rings. The summed E-state index contributed by atoms with van der Waals surface area (Å²) in [4.78, 5) is 11.5. The highest BCUT2D eigenvalue weighted by Gasteiger charge is 2.72. The van der Waals surface area contributed by atoms with Crippen LogP contribution in [-0.4, -0.2) is 35.5 Å². The lowest BCUT2D eigenvalue weighted by atomic mass is 9.59. The minimum Gasteiger partial charge on any atom is -0.459 e. The van der Waals surface area contributed by atoms with Gasteiger partial charge < -0.3 is 14.9 Å². The van der Waals surface area contributed by atoms with Gasteiger partial charge in [-0.05, 0) is 43.9 Å². The van der Waals surface area contributed by atoms with Crippen LogP contribution in [-0.2, 0) is 9.53 Å². The maximum atomic E-state index is 11.5. The first-order chi connectivity index (χ1) is 9.13. The highest BCUT2D eigenvalue weighted by molar-refractivity contribution is 5.81. The van der Waals surface area contributed by atoms with E-state index in [0.717, 1.165) is 32.1 Å². The molecule has 3 fully saturated rings. The molecule has 0 aliphatic heterocycles. The Morgan fingerprint density at radius 3 is 2.74 bits per heavy atom. The Labute approximate surface area is 113 Å². The van der Waals surface area contributed by atoms with E-state index in [0.29, 0.717) is 11.8 Å². The zero-order chi connectivity index (χ0) is 13.7. The van der Waals surface area contributed by atoms with Crippen LogP contribution in [0.2, 0.25) is 0 Å². The smallest absolute Gasteiger partial charge is 0.330 e. The van der Waals surface area contributed by atoms with Gasteiger partial charge in [0.1, 0.15) is 6.10 Å². The average molecular weight is 266 g/mol. The van der Waals surface area contributed by atoms with Crippen molar-refractivity contribution >= 4 is 5.97 Å². The molecule has 3 aliphatic rings. The molecule has 106 valence electrons. The van der Waals surface area contributed by atoms with Gasteiger partial charge in [-0.1, -0.05) is 6.58 Å². The number of esters is 1. The fraction of sp³-hybridized carbons (Fsp3) is 0.800. The van der Waals surface area contributed by atoms with Gasteiger partial charge in [0.2, 0.25) is 0 Å². The zero-order valence-electron chi connectivity index (χ0n) is 11.2. The molecule has 0 heterocycles. The van der Waals surface area contributed by atoms with Gasteiger partial charge in [0.05, 0.1) is 6.61 Å². The van der Waals surface area contributed by atoms with Gasteiger partial charge in [0.15, 0.2) is 0 Å². The Kier molecular flexibility index (Phi) is 2.98. The molecule has 3 saturated carbocycles. The van der Waals surface area contributed by atoms with Crippen LogP contribution in [0.3, 0.4) is 0 Å². The second-order valence-corrected chi connectivity index (χ2v) is 6.45. The van der Waals surface area contributed by atoms with E-state index < -0.39 is 11.4 Å². The highest BCUT2D eigenvalue weighted by atomic mass is 16.5. The van der Waals surface area contributed by atoms with E-state index in [1.807, 2.05) is 0 Å². The lowest BCUT2D eigenvalue weighted by Crippen LogP contribution is -2.53. The number of aliphatic hydroxyl groups is 2. The molecule has 0 saturated heterocycles. The second-order valence-electron chi connectivity index (χ2n) is 6.45. The SMILES string of the molecule is C=CC(=O)OC1CCC2C3CCC(CO)(C3)C12CO. The molecule has 0 radical (unpaired) electrons. The minimum absolute atomic E-state index is 0.00379. The number of carbonyl (C=O) groups is 1. The molecule has 5 atom stereocenters. The van der Waals surface area contributed by atoms with E-state index in [1.54, 1.807) is 0 Å². The zero-order valence-corrected chi connectivity index (χ0v) is 11.2. The van der Waals surface area contributed by atoms with Crippen LogP contribution < -0.4 is 0 Å². The number of hydrogen-bond acceptors (Lipinski definition) is 4. The van der Waals surface area contributed by atoms with Crippen molar-refractivity contribution < 1.29 is 19.7 Å². The Balaban J connectivity index is 1.97. The molecule has 4 nitrogen and oxygen atoms in total. The van der Waals surface area contributed by atoms with Crippen LogP contribution in [0.15, 0.2) is 12.7 Å². The number of hydrogen-bond donors (Lipinski definition) is 2. The summed E-state index contributed by atoms with van der Waals surface area (Å²) in [6.45, 7) is 3.53. The molecule has 0 amide bonds. The van der Waals surface area contributed by atoms with E-state index in [4.69, 9.17) is 4.74 Å². The van der Waals surface area contributed by atoms with Crippen molar-refractivity contribution in [3.05, 3.63) is 12.7 Å². The Morgan fingerprint density at radius 1 is 1.32 bits per heavy atom. The topological polar surface area (TPSA) is 66.8 Å². The molecule has 4 heteroatoms. The lowest BCUT2D eigenvalue weighted by molar-refractivity contribution is -0.167. The maximum absolute atomic E-state index is 11.5. The average Bonchev–Trinajstić information content (AvgIpc) is 3.08. The first-order valence-corrected chi connectivity index (χ1v) is 7.18. The fourth-order valence-electron chi connectivity index (χ4n) is 5.44. The van der Waals surface area contributed by atoms with Crippen molar-refractivity contribution in [1.82, 2.24) is 0 Å². The number of rotatable bonds is 4. The van der Waals surface area contributed by atoms with Gasteiger partial charge in [-0.2, -0.15) is 0 Å². The molecular weight excluding hydrogens is 244 g/mol. The first-order valence-electron chi connectivity index (χ1n) is 7.18. The highest BCUT2D eigenvalue weighted by Crippen LogP contribution is 2.72. The summed E-state index contributed by atoms with van der Waals surface area (Å²) in [5.41, 5.74) is -0.678. The van der Waals surface area contributed by atoms with Crippen LogP contribution in [0, 0.1) is 22.7 Å². The van der Waals surface area contributed by atoms with Crippen LogP contribution in [0.1, 0.15) is 32.1 Å². The van der Waals surface area contributed by atoms with Crippen molar-refractivity contribution in [2.24, 2.45) is 22.7 Å². The van der Waals surface area contributed by atoms with E-state index in [1.165, 1.54) is 6.08 Å². The monoisotopic (exact) mass is 266 g/mol. The molecular formula is C15H22O4. The molecule has 0 spiro atoms. The predicted octanol–water partition coefficient (Wildman–Crippen LogP) is 1.27. The van der Waals surface area contributed by atoms with E-state index in [2.05, 4.69) is 6.58 Å². The summed E-state index contributed by atoms with van der Waals surface area (Å²) in [6, 6.07) is 0. The third-order valence-electron chi connectivity index (χ3n) is 6.17. The van der Waals surface area contributed by atoms with Crippen molar-refractivity contribution in [3.8, 4) is 0 Å². The number of fused-ring (bicyclic) bond motifs is 5. The Hall–Kier alpha value is -0.870. The van der Waals surface area contributed by atoms with Crippen molar-refractivity contribution in [1.29, 1.82) is 0 Å². The number of ether oxygens (including phenoxy) is 1. The van der Waals surface area contributed by atoms with E-state index in [9.17, 15) is 15.0 Å². The van der Waals surface area contributed by atoms with Gasteiger partial charge in [0, 0.05) is 23.5 Å². The summed E-state index contributed by atoms with van der Waals surface area (Å²) in [5.74, 6) is 0.544. The molecule has 3 aliphatic carbocycles. The summed E-state index contributed by atoms with van der Waals surface area (Å²) in [5, 5.41) is 20.0. The fourth-order valence-corrected chi connectivity index (χ4v) is 5.44. The Morgan fingerprint density at radius 2 is 2.11 bits per heavy atom. The molecule has 0 aromatic heterocycles. The largest absolute Gasteiger partial charge is 0.459 e. The predicted molar refractivity (Wildman–Crippen MR) is 69.2 cm³/mol. The quantitative estimate of drug-likeness (QED) is 0.594. The molecule has 3 rings (SSSR count). The molecule has 2 bridgehead atoms. The maximum Gasteiger partial charge on any atom is 0.330 e. The second kappa shape index (κ2) is 4.32. The van der Waals surface area contributed by atoms with Gasteiger partial charge in [-0.25, -0.2) is 4.79 Å². The summed E-state index contributed by atoms with van der Waals surface area (Å²) in [6.07, 6.45) is 5.73. The van der Waals surface area contributed by atoms with Crippen LogP contribution in [0.5, 0.6) is 0 Å². The number of aliphatic hydroxyl groups excluding tert-OH is 2. The molecule has 0 aromatic carbocycles. The molecule has 2 N–H and O–H groups in total. The van der Waals surface area contributed by atoms with Crippen LogP contribution in [0.25, 0.3) is 0 Å². The van der Waals surface area contributed by atoms with Crippen molar-refractivity contribution in [2.45, 2.75) is 38.2 Å². The normalized spacial score (nSPS) is 47.2. The lowest BCUT2D eigenvalue weighted by Gasteiger charge is -2.48. The van der Waals surface area contributed by atoms with Gasteiger partial charge in [-0.3, -0.25) is 0 Å². The third-order valence-corrected chi connectivity index (χ3v) is 6.17. The van der Waals surface area contributed by atoms with Crippen molar-refractivity contribution in [2.75, 3.05) is 13.2 Å². The van der Waals surface area contributed by atoms with E-state index in [-0.39, 0.29) is 24.7 Å². The minimum atomic E-state index is -0.427. The third kappa shape index (κ3) is 1.44. The molecule has 19 heavy (non-hydrogen) atoms. The first kappa shape index (κ1) is 13.1. The number of carbonyl (C=O) groups excluding carboxylic acids is 1. The van der Waals surface area contributed by atoms with Gasteiger partial charge in [0.25, 0.3) is 0 Å². The van der Waals surface area contributed by atoms with Gasteiger partial charge >= 0.3 is 5.97 Å².